The summed E-state index contributed by atoms with van der Waals surface area (Å²) in [6.07, 6.45) is 0.607. The molecule has 0 bridgehead atoms. The lowest BCUT2D eigenvalue weighted by atomic mass is 9.70. The highest BCUT2D eigenvalue weighted by Crippen LogP contribution is 2.54. The predicted molar refractivity (Wildman–Crippen MR) is 173 cm³/mol. The van der Waals surface area contributed by atoms with Crippen LogP contribution in [0.3, 0.4) is 0 Å². The highest BCUT2D eigenvalue weighted by molar-refractivity contribution is 5.95. The van der Waals surface area contributed by atoms with Gasteiger partial charge >= 0.3 is 23.9 Å². The van der Waals surface area contributed by atoms with Gasteiger partial charge in [0, 0.05) is 18.3 Å². The average Bonchev–Trinajstić information content (AvgIpc) is 3.11. The second kappa shape index (κ2) is 12.6. The molecule has 0 spiro atoms. The minimum absolute atomic E-state index is 0.0395. The molecule has 2 aromatic rings. The zero-order chi connectivity index (χ0) is 34.2. The number of rotatable bonds is 8. The third kappa shape index (κ3) is 9.65. The molecule has 8 nitrogen and oxygen atoms in total. The van der Waals surface area contributed by atoms with Crippen molar-refractivity contribution in [2.75, 3.05) is 0 Å². The van der Waals surface area contributed by atoms with Gasteiger partial charge in [0.05, 0.1) is 11.1 Å². The largest absolute Gasteiger partial charge is 0.460 e. The van der Waals surface area contributed by atoms with Crippen molar-refractivity contribution in [2.45, 2.75) is 137 Å². The zero-order valence-electron chi connectivity index (χ0n) is 29.1. The first-order valence-electron chi connectivity index (χ1n) is 15.6. The quantitative estimate of drug-likeness (QED) is 0.215. The Labute approximate surface area is 268 Å². The molecule has 1 aliphatic rings. The van der Waals surface area contributed by atoms with E-state index in [-0.39, 0.29) is 37.6 Å². The third-order valence-electron chi connectivity index (χ3n) is 6.98. The summed E-state index contributed by atoms with van der Waals surface area (Å²) in [5.74, 6) is -1.74. The monoisotopic (exact) mass is 622 g/mol. The van der Waals surface area contributed by atoms with Crippen LogP contribution in [0.2, 0.25) is 0 Å². The van der Waals surface area contributed by atoms with Crippen molar-refractivity contribution in [3.05, 3.63) is 58.7 Å². The molecule has 8 heteroatoms. The summed E-state index contributed by atoms with van der Waals surface area (Å²) in [5, 5.41) is 0. The lowest BCUT2D eigenvalue weighted by Crippen LogP contribution is -2.32. The van der Waals surface area contributed by atoms with E-state index in [9.17, 15) is 19.2 Å². The fourth-order valence-electron chi connectivity index (χ4n) is 5.50. The fraction of sp³-hybridized carbons (Fsp3) is 0.568. The Bertz CT molecular complexity index is 1340. The molecule has 3 rings (SSSR count). The Hall–Kier alpha value is -3.68. The molecule has 0 aliphatic heterocycles. The number of hydrogen-bond donors (Lipinski definition) is 0. The standard InChI is InChI=1S/C37H50O8/c1-33(2,3)42-29(38)17-19-37(20-18-30(39)43-34(4,5)6)27-21-23(31(40)44-35(7,8)9)13-15-25(27)26-16-14-24(22-28(26)37)32(41)45-36(10,11)12/h13-16,21-22H,17-20H2,1-12H3. The van der Waals surface area contributed by atoms with Gasteiger partial charge in [0.1, 0.15) is 22.4 Å². The van der Waals surface area contributed by atoms with E-state index in [1.54, 1.807) is 65.8 Å². The van der Waals surface area contributed by atoms with Gasteiger partial charge in [-0.05, 0) is 142 Å². The Kier molecular flexibility index (Phi) is 10.0. The minimum atomic E-state index is -0.936. The van der Waals surface area contributed by atoms with E-state index in [2.05, 4.69) is 0 Å². The van der Waals surface area contributed by atoms with Crippen molar-refractivity contribution in [1.29, 1.82) is 0 Å². The molecule has 0 heterocycles. The topological polar surface area (TPSA) is 105 Å². The summed E-state index contributed by atoms with van der Waals surface area (Å²) in [5.41, 5.74) is 0.240. The SMILES string of the molecule is CC(C)(C)OC(=O)CCC1(CCC(=O)OC(C)(C)C)c2cc(C(=O)OC(C)(C)C)ccc2-c2ccc(C(=O)OC(C)(C)C)cc21. The molecule has 0 fully saturated rings. The van der Waals surface area contributed by atoms with Crippen LogP contribution in [0, 0.1) is 0 Å². The van der Waals surface area contributed by atoms with Crippen LogP contribution in [0.25, 0.3) is 11.1 Å². The molecule has 0 amide bonds. The first-order valence-corrected chi connectivity index (χ1v) is 15.6. The predicted octanol–water partition coefficient (Wildman–Crippen LogP) is 8.11. The molecule has 246 valence electrons. The lowest BCUT2D eigenvalue weighted by molar-refractivity contribution is -0.155. The maximum Gasteiger partial charge on any atom is 0.338 e. The molecule has 0 radical (unpaired) electrons. The molecular formula is C37H50O8. The number of carbonyl (C=O) groups is 4. The van der Waals surface area contributed by atoms with E-state index in [1.807, 2.05) is 53.7 Å². The molecular weight excluding hydrogens is 572 g/mol. The number of ether oxygens (including phenoxy) is 4. The van der Waals surface area contributed by atoms with E-state index in [1.165, 1.54) is 0 Å². The van der Waals surface area contributed by atoms with Gasteiger partial charge in [-0.25, -0.2) is 9.59 Å². The van der Waals surface area contributed by atoms with Crippen molar-refractivity contribution < 1.29 is 38.1 Å². The number of esters is 4. The first-order chi connectivity index (χ1) is 20.4. The summed E-state index contributed by atoms with van der Waals surface area (Å²) in [7, 11) is 0. The van der Waals surface area contributed by atoms with Gasteiger partial charge in [-0.2, -0.15) is 0 Å². The van der Waals surface area contributed by atoms with Gasteiger partial charge in [-0.3, -0.25) is 9.59 Å². The lowest BCUT2D eigenvalue weighted by Gasteiger charge is -2.33. The fourth-order valence-corrected chi connectivity index (χ4v) is 5.50. The van der Waals surface area contributed by atoms with Crippen LogP contribution in [0.15, 0.2) is 36.4 Å². The zero-order valence-corrected chi connectivity index (χ0v) is 29.1. The summed E-state index contributed by atoms with van der Waals surface area (Å²) in [4.78, 5) is 52.7. The van der Waals surface area contributed by atoms with E-state index in [4.69, 9.17) is 18.9 Å². The smallest absolute Gasteiger partial charge is 0.338 e. The van der Waals surface area contributed by atoms with E-state index >= 15 is 0 Å². The maximum atomic E-state index is 13.2. The van der Waals surface area contributed by atoms with E-state index in [0.717, 1.165) is 22.3 Å². The molecule has 45 heavy (non-hydrogen) atoms. The molecule has 1 aliphatic carbocycles. The first kappa shape index (κ1) is 35.8. The molecule has 0 saturated carbocycles. The van der Waals surface area contributed by atoms with Crippen molar-refractivity contribution in [3.63, 3.8) is 0 Å². The number of benzene rings is 2. The van der Waals surface area contributed by atoms with Gasteiger partial charge in [-0.15, -0.1) is 0 Å². The van der Waals surface area contributed by atoms with E-state index in [0.29, 0.717) is 11.1 Å². The van der Waals surface area contributed by atoms with Gasteiger partial charge in [0.2, 0.25) is 0 Å². The van der Waals surface area contributed by atoms with Gasteiger partial charge in [0.15, 0.2) is 0 Å². The van der Waals surface area contributed by atoms with Crippen LogP contribution in [0.4, 0.5) is 0 Å². The second-order valence-electron chi connectivity index (χ2n) is 15.8. The normalized spacial score (nSPS) is 14.2. The van der Waals surface area contributed by atoms with Crippen LogP contribution in [-0.2, 0) is 34.0 Å². The minimum Gasteiger partial charge on any atom is -0.460 e. The van der Waals surface area contributed by atoms with Crippen LogP contribution < -0.4 is 0 Å². The van der Waals surface area contributed by atoms with Crippen molar-refractivity contribution >= 4 is 23.9 Å². The molecule has 2 aromatic carbocycles. The Morgan fingerprint density at radius 2 is 0.822 bits per heavy atom. The molecule has 0 unspecified atom stereocenters. The third-order valence-corrected chi connectivity index (χ3v) is 6.98. The Balaban J connectivity index is 2.23. The van der Waals surface area contributed by atoms with E-state index < -0.39 is 39.8 Å². The number of carbonyl (C=O) groups excluding carboxylic acids is 4. The van der Waals surface area contributed by atoms with Crippen LogP contribution in [0.1, 0.15) is 141 Å². The van der Waals surface area contributed by atoms with Crippen LogP contribution in [-0.4, -0.2) is 46.3 Å². The van der Waals surface area contributed by atoms with Gasteiger partial charge in [0.25, 0.3) is 0 Å². The molecule has 0 atom stereocenters. The van der Waals surface area contributed by atoms with Gasteiger partial charge < -0.3 is 18.9 Å². The average molecular weight is 623 g/mol. The number of hydrogen-bond acceptors (Lipinski definition) is 8. The number of fused-ring (bicyclic) bond motifs is 3. The second-order valence-corrected chi connectivity index (χ2v) is 15.8. The van der Waals surface area contributed by atoms with Crippen molar-refractivity contribution in [1.82, 2.24) is 0 Å². The van der Waals surface area contributed by atoms with Crippen molar-refractivity contribution in [2.24, 2.45) is 0 Å². The summed E-state index contributed by atoms with van der Waals surface area (Å²) in [6, 6.07) is 10.8. The summed E-state index contributed by atoms with van der Waals surface area (Å²) >= 11 is 0. The molecule has 0 N–H and O–H groups in total. The molecule has 0 saturated heterocycles. The summed E-state index contributed by atoms with van der Waals surface area (Å²) in [6.45, 7) is 21.7. The van der Waals surface area contributed by atoms with Gasteiger partial charge in [-0.1, -0.05) is 12.1 Å². The van der Waals surface area contributed by atoms with Crippen molar-refractivity contribution in [3.8, 4) is 11.1 Å². The highest BCUT2D eigenvalue weighted by atomic mass is 16.6. The molecule has 0 aromatic heterocycles. The highest BCUT2D eigenvalue weighted by Gasteiger charge is 2.45. The van der Waals surface area contributed by atoms with Crippen LogP contribution in [0.5, 0.6) is 0 Å². The Morgan fingerprint density at radius 3 is 1.11 bits per heavy atom. The summed E-state index contributed by atoms with van der Waals surface area (Å²) < 4.78 is 22.7. The Morgan fingerprint density at radius 1 is 0.511 bits per heavy atom. The maximum absolute atomic E-state index is 13.2. The van der Waals surface area contributed by atoms with Crippen LogP contribution >= 0.6 is 0 Å².